The van der Waals surface area contributed by atoms with Gasteiger partial charge in [0.05, 0.1) is 5.75 Å². The molecule has 3 aromatic rings. The van der Waals surface area contributed by atoms with Crippen LogP contribution in [0.25, 0.3) is 22.3 Å². The van der Waals surface area contributed by atoms with E-state index in [1.54, 1.807) is 22.3 Å². The fourth-order valence-electron chi connectivity index (χ4n) is 8.28. The van der Waals surface area contributed by atoms with Crippen LogP contribution in [0.3, 0.4) is 0 Å². The van der Waals surface area contributed by atoms with Gasteiger partial charge in [-0.1, -0.05) is 184 Å². The maximum Gasteiger partial charge on any atom is 0.437 e. The lowest BCUT2D eigenvalue weighted by Gasteiger charge is -2.28. The first-order valence-electron chi connectivity index (χ1n) is 24.2. The molecule has 0 saturated heterocycles. The number of rotatable bonds is 29. The topological polar surface area (TPSA) is 109 Å². The highest BCUT2D eigenvalue weighted by molar-refractivity contribution is 7.87. The molecule has 3 aromatic carbocycles. The minimum Gasteiger partial charge on any atom is -0.286 e. The second kappa shape index (κ2) is 29.3. The number of unbranched alkanes of at least 4 members (excludes halogenated alkanes) is 18. The van der Waals surface area contributed by atoms with Gasteiger partial charge in [-0.15, -0.1) is 0 Å². The third-order valence-electron chi connectivity index (χ3n) is 12.1. The van der Waals surface area contributed by atoms with Crippen LogP contribution in [0.15, 0.2) is 60.7 Å². The van der Waals surface area contributed by atoms with Crippen molar-refractivity contribution in [1.29, 1.82) is 0 Å². The quantitative estimate of drug-likeness (QED) is 0.0319. The largest absolute Gasteiger partial charge is 0.437 e. The Morgan fingerprint density at radius 1 is 0.544 bits per heavy atom. The second-order valence-corrected chi connectivity index (χ2v) is 21.0. The van der Waals surface area contributed by atoms with E-state index in [0.29, 0.717) is 19.3 Å². The molecule has 0 aliphatic heterocycles. The summed E-state index contributed by atoms with van der Waals surface area (Å²) >= 11 is 0. The van der Waals surface area contributed by atoms with Gasteiger partial charge in [-0.3, -0.25) is 9.11 Å². The summed E-state index contributed by atoms with van der Waals surface area (Å²) in [5.74, 6) is -11.7. The van der Waals surface area contributed by atoms with Crippen LogP contribution in [0, 0.1) is 0 Å². The maximum atomic E-state index is 12.2. The zero-order valence-electron chi connectivity index (χ0n) is 39.9. The molecule has 1 aliphatic rings. The molecule has 6 nitrogen and oxygen atoms in total. The van der Waals surface area contributed by atoms with Gasteiger partial charge in [0, 0.05) is 13.3 Å². The van der Waals surface area contributed by atoms with Crippen LogP contribution < -0.4 is 0 Å². The van der Waals surface area contributed by atoms with Gasteiger partial charge < -0.3 is 0 Å². The molecule has 0 unspecified atom stereocenters. The molecule has 17 heteroatoms. The zero-order chi connectivity index (χ0) is 51.1. The van der Waals surface area contributed by atoms with Crippen LogP contribution in [-0.2, 0) is 39.5 Å². The lowest BCUT2D eigenvalue weighted by atomic mass is 9.84. The van der Waals surface area contributed by atoms with Crippen molar-refractivity contribution in [2.75, 3.05) is 5.75 Å². The van der Waals surface area contributed by atoms with E-state index in [1.165, 1.54) is 125 Å². The Labute approximate surface area is 399 Å². The van der Waals surface area contributed by atoms with Crippen LogP contribution in [0.4, 0.5) is 39.5 Å². The Balaban J connectivity index is 0.000000424. The SMILES string of the molecule is CC(F)(F)C(F)(F)C(F)(F)S(=O)(=O)O.CCCCCCCCCc1cc2c(c(-c3ccccc3)c1CCCCCCCCC)Cc1ccccc1-2.O=S(=O)(O)CCCCCCCCCC(F)(F)F. The summed E-state index contributed by atoms with van der Waals surface area (Å²) in [6.07, 6.45) is 22.2. The summed E-state index contributed by atoms with van der Waals surface area (Å²) in [5, 5.41) is -6.24. The Hall–Kier alpha value is -3.15. The molecule has 0 radical (unpaired) electrons. The van der Waals surface area contributed by atoms with Crippen molar-refractivity contribution in [2.45, 2.75) is 205 Å². The molecule has 1 aliphatic carbocycles. The van der Waals surface area contributed by atoms with E-state index in [9.17, 15) is 56.3 Å². The number of halogens is 9. The second-order valence-electron chi connectivity index (χ2n) is 17.9. The highest BCUT2D eigenvalue weighted by Crippen LogP contribution is 2.48. The highest BCUT2D eigenvalue weighted by Gasteiger charge is 2.75. The van der Waals surface area contributed by atoms with E-state index < -0.39 is 56.9 Å². The Morgan fingerprint density at radius 2 is 1.00 bits per heavy atom. The molecule has 0 aromatic heterocycles. The molecular weight excluding hydrogens is 944 g/mol. The molecular formula is C51H73F9O6S2. The molecule has 2 N–H and O–H groups in total. The average molecular weight is 1020 g/mol. The van der Waals surface area contributed by atoms with Gasteiger partial charge in [0.2, 0.25) is 0 Å². The van der Waals surface area contributed by atoms with Crippen molar-refractivity contribution in [1.82, 2.24) is 0 Å². The van der Waals surface area contributed by atoms with E-state index >= 15 is 0 Å². The lowest BCUT2D eigenvalue weighted by molar-refractivity contribution is -0.273. The van der Waals surface area contributed by atoms with Crippen molar-refractivity contribution in [3.05, 3.63) is 82.9 Å². The summed E-state index contributed by atoms with van der Waals surface area (Å²) in [4.78, 5) is 0. The minimum absolute atomic E-state index is 0.161. The number of hydrogen-bond donors (Lipinski definition) is 2. The molecule has 0 heterocycles. The van der Waals surface area contributed by atoms with Crippen molar-refractivity contribution in [3.8, 4) is 22.3 Å². The van der Waals surface area contributed by atoms with Crippen molar-refractivity contribution < 1.29 is 65.5 Å². The number of hydrogen-bond acceptors (Lipinski definition) is 4. The summed E-state index contributed by atoms with van der Waals surface area (Å²) in [6, 6.07) is 23.1. The predicted octanol–water partition coefficient (Wildman–Crippen LogP) is 16.8. The molecule has 0 saturated carbocycles. The number of alkyl halides is 9. The van der Waals surface area contributed by atoms with Gasteiger partial charge in [0.15, 0.2) is 0 Å². The van der Waals surface area contributed by atoms with Crippen molar-refractivity contribution in [3.63, 3.8) is 0 Å². The van der Waals surface area contributed by atoms with Gasteiger partial charge in [-0.05, 0) is 89.5 Å². The number of fused-ring (bicyclic) bond motifs is 3. The van der Waals surface area contributed by atoms with Gasteiger partial charge in [0.1, 0.15) is 0 Å². The van der Waals surface area contributed by atoms with Gasteiger partial charge in [-0.25, -0.2) is 0 Å². The van der Waals surface area contributed by atoms with Gasteiger partial charge in [0.25, 0.3) is 10.1 Å². The maximum absolute atomic E-state index is 12.2. The molecule has 0 fully saturated rings. The zero-order valence-corrected chi connectivity index (χ0v) is 41.5. The van der Waals surface area contributed by atoms with Crippen LogP contribution >= 0.6 is 0 Å². The smallest absolute Gasteiger partial charge is 0.286 e. The molecule has 388 valence electrons. The summed E-state index contributed by atoms with van der Waals surface area (Å²) in [5.41, 5.74) is 12.3. The molecule has 0 atom stereocenters. The lowest BCUT2D eigenvalue weighted by Crippen LogP contribution is -2.56. The highest BCUT2D eigenvalue weighted by atomic mass is 32.2. The molecule has 0 spiro atoms. The number of aryl methyl sites for hydroxylation is 1. The fraction of sp³-hybridized carbons (Fsp3) is 0.647. The molecule has 0 amide bonds. The van der Waals surface area contributed by atoms with Crippen molar-refractivity contribution >= 4 is 20.2 Å². The normalized spacial score (nSPS) is 13.0. The Bertz CT molecular complexity index is 2120. The first-order chi connectivity index (χ1) is 31.8. The minimum atomic E-state index is -6.61. The van der Waals surface area contributed by atoms with Gasteiger partial charge in [-0.2, -0.15) is 56.3 Å². The van der Waals surface area contributed by atoms with E-state index in [1.807, 2.05) is 0 Å². The first-order valence-corrected chi connectivity index (χ1v) is 27.3. The monoisotopic (exact) mass is 1020 g/mol. The van der Waals surface area contributed by atoms with Crippen molar-refractivity contribution in [2.24, 2.45) is 0 Å². The van der Waals surface area contributed by atoms with Crippen LogP contribution in [0.2, 0.25) is 0 Å². The van der Waals surface area contributed by atoms with E-state index in [4.69, 9.17) is 9.11 Å². The molecule has 0 bridgehead atoms. The van der Waals surface area contributed by atoms with E-state index in [0.717, 1.165) is 25.7 Å². The summed E-state index contributed by atoms with van der Waals surface area (Å²) in [7, 11) is -10.5. The van der Waals surface area contributed by atoms with Crippen LogP contribution in [-0.4, -0.2) is 55.0 Å². The van der Waals surface area contributed by atoms with Crippen LogP contribution in [0.5, 0.6) is 0 Å². The molecule has 4 rings (SSSR count). The summed E-state index contributed by atoms with van der Waals surface area (Å²) < 4.78 is 164. The summed E-state index contributed by atoms with van der Waals surface area (Å²) in [6.45, 7) is 4.03. The van der Waals surface area contributed by atoms with Gasteiger partial charge >= 0.3 is 33.4 Å². The standard InChI is InChI=1S/C37H50.C10H19F3O3S.C4H4F6O3S/c1-3-5-7-9-11-13-16-24-32-28-35-33-26-21-20-25-31(33)29-36(35)37(30-22-17-15-18-23-30)34(32)27-19-14-12-10-8-6-4-2;11-10(12,13)8-6-4-2-1-3-5-7-9-17(14,15)16;1-2(5,6)3(7,8)4(9,10)14(11,12)13/h15,17-18,20-23,25-26,28H,3-14,16,19,24,27,29H2,1-2H3;1-9H2,(H,14,15,16);1H3,(H,11,12,13). The van der Waals surface area contributed by atoms with Crippen LogP contribution in [0.1, 0.15) is 184 Å². The fourth-order valence-corrected chi connectivity index (χ4v) is 9.35. The Morgan fingerprint density at radius 3 is 1.47 bits per heavy atom. The average Bonchev–Trinajstić information content (AvgIpc) is 3.62. The third kappa shape index (κ3) is 21.1. The predicted molar refractivity (Wildman–Crippen MR) is 255 cm³/mol. The Kier molecular flexibility index (Phi) is 26.2. The number of benzene rings is 3. The van der Waals surface area contributed by atoms with E-state index in [2.05, 4.69) is 74.5 Å². The third-order valence-corrected chi connectivity index (χ3v) is 13.8. The van der Waals surface area contributed by atoms with E-state index in [-0.39, 0.29) is 12.2 Å². The molecule has 68 heavy (non-hydrogen) atoms. The first kappa shape index (κ1) is 61.0.